The molecule has 5 rings (SSSR count). The van der Waals surface area contributed by atoms with Gasteiger partial charge in [0.05, 0.1) is 7.11 Å². The summed E-state index contributed by atoms with van der Waals surface area (Å²) in [5.74, 6) is 2.96. The van der Waals surface area contributed by atoms with E-state index in [2.05, 4.69) is 20.8 Å². The standard InChI is InChI=1S/C24H22BrNO5/c1-26-10-9-15-11-21-23(30-13-29-21)24(28-2)22(15)17(26)12-18(27)20-8-7-19(31-20)14-3-5-16(25)6-4-14/h3-8,11,17H,9-10,12-13H2,1-2H3. The number of hydrogen-bond acceptors (Lipinski definition) is 6. The lowest BCUT2D eigenvalue weighted by Crippen LogP contribution is -2.34. The summed E-state index contributed by atoms with van der Waals surface area (Å²) in [6, 6.07) is 13.3. The minimum atomic E-state index is -0.137. The molecule has 0 bridgehead atoms. The zero-order chi connectivity index (χ0) is 21.5. The molecule has 0 fully saturated rings. The van der Waals surface area contributed by atoms with E-state index in [-0.39, 0.29) is 25.0 Å². The van der Waals surface area contributed by atoms with Gasteiger partial charge in [0, 0.05) is 34.6 Å². The number of ketones is 1. The number of fused-ring (bicyclic) bond motifs is 2. The first-order valence-electron chi connectivity index (χ1n) is 10.1. The fourth-order valence-electron chi connectivity index (χ4n) is 4.32. The van der Waals surface area contributed by atoms with Crippen LogP contribution in [-0.2, 0) is 6.42 Å². The van der Waals surface area contributed by atoms with Crippen molar-refractivity contribution in [3.8, 4) is 28.6 Å². The molecule has 0 aliphatic carbocycles. The summed E-state index contributed by atoms with van der Waals surface area (Å²) >= 11 is 3.43. The van der Waals surface area contributed by atoms with Crippen molar-refractivity contribution >= 4 is 21.7 Å². The lowest BCUT2D eigenvalue weighted by Gasteiger charge is -2.35. The largest absolute Gasteiger partial charge is 0.492 e. The highest BCUT2D eigenvalue weighted by molar-refractivity contribution is 9.10. The number of Topliss-reactive ketones (excluding diaryl/α,β-unsaturated/α-hetero) is 1. The molecule has 1 unspecified atom stereocenters. The third-order valence-corrected chi connectivity index (χ3v) is 6.46. The van der Waals surface area contributed by atoms with E-state index in [1.165, 1.54) is 0 Å². The number of hydrogen-bond donors (Lipinski definition) is 0. The topological polar surface area (TPSA) is 61.1 Å². The van der Waals surface area contributed by atoms with Crippen LogP contribution in [0.3, 0.4) is 0 Å². The van der Waals surface area contributed by atoms with Crippen LogP contribution in [0.4, 0.5) is 0 Å². The number of rotatable bonds is 5. The quantitative estimate of drug-likeness (QED) is 0.462. The molecule has 31 heavy (non-hydrogen) atoms. The Kier molecular flexibility index (Phi) is 5.24. The van der Waals surface area contributed by atoms with Crippen LogP contribution in [0.25, 0.3) is 11.3 Å². The Morgan fingerprint density at radius 3 is 2.77 bits per heavy atom. The van der Waals surface area contributed by atoms with Gasteiger partial charge in [0.1, 0.15) is 5.76 Å². The lowest BCUT2D eigenvalue weighted by molar-refractivity contribution is 0.0899. The Morgan fingerprint density at radius 1 is 1.19 bits per heavy atom. The summed E-state index contributed by atoms with van der Waals surface area (Å²) in [5.41, 5.74) is 3.05. The lowest BCUT2D eigenvalue weighted by atomic mass is 9.88. The van der Waals surface area contributed by atoms with E-state index < -0.39 is 0 Å². The van der Waals surface area contributed by atoms with Crippen molar-refractivity contribution in [2.45, 2.75) is 18.9 Å². The molecule has 1 atom stereocenters. The third-order valence-electron chi connectivity index (χ3n) is 5.94. The molecule has 0 saturated heterocycles. The minimum absolute atomic E-state index is 0.0484. The van der Waals surface area contributed by atoms with Gasteiger partial charge in [-0.2, -0.15) is 0 Å². The molecule has 2 aliphatic rings. The molecule has 2 aliphatic heterocycles. The number of halogens is 1. The predicted molar refractivity (Wildman–Crippen MR) is 119 cm³/mol. The van der Waals surface area contributed by atoms with Crippen molar-refractivity contribution in [2.75, 3.05) is 27.5 Å². The molecule has 2 aromatic carbocycles. The summed E-state index contributed by atoms with van der Waals surface area (Å²) in [5, 5.41) is 0. The van der Waals surface area contributed by atoms with Gasteiger partial charge >= 0.3 is 0 Å². The second-order valence-corrected chi connectivity index (χ2v) is 8.68. The first-order chi connectivity index (χ1) is 15.0. The summed E-state index contributed by atoms with van der Waals surface area (Å²) in [7, 11) is 3.66. The summed E-state index contributed by atoms with van der Waals surface area (Å²) in [6.45, 7) is 1.02. The number of nitrogens with zero attached hydrogens (tertiary/aromatic N) is 1. The van der Waals surface area contributed by atoms with Crippen molar-refractivity contribution < 1.29 is 23.4 Å². The fourth-order valence-corrected chi connectivity index (χ4v) is 4.58. The van der Waals surface area contributed by atoms with Gasteiger partial charge in [0.2, 0.25) is 12.5 Å². The Morgan fingerprint density at radius 2 is 2.00 bits per heavy atom. The van der Waals surface area contributed by atoms with Crippen molar-refractivity contribution in [3.05, 3.63) is 63.8 Å². The average Bonchev–Trinajstić information content (AvgIpc) is 3.44. The number of carbonyl (C=O) groups excluding carboxylic acids is 1. The minimum Gasteiger partial charge on any atom is -0.492 e. The highest BCUT2D eigenvalue weighted by Gasteiger charge is 2.35. The molecule has 1 aromatic heterocycles. The van der Waals surface area contributed by atoms with Crippen molar-refractivity contribution in [2.24, 2.45) is 0 Å². The highest BCUT2D eigenvalue weighted by Crippen LogP contribution is 2.50. The van der Waals surface area contributed by atoms with Gasteiger partial charge in [-0.1, -0.05) is 28.1 Å². The van der Waals surface area contributed by atoms with Crippen LogP contribution in [0.15, 0.2) is 51.4 Å². The first-order valence-corrected chi connectivity index (χ1v) is 10.9. The zero-order valence-corrected chi connectivity index (χ0v) is 18.9. The normalized spacial score (nSPS) is 17.5. The van der Waals surface area contributed by atoms with Gasteiger partial charge in [-0.3, -0.25) is 9.69 Å². The summed E-state index contributed by atoms with van der Waals surface area (Å²) < 4.78 is 23.8. The van der Waals surface area contributed by atoms with Gasteiger partial charge in [-0.05, 0) is 49.4 Å². The van der Waals surface area contributed by atoms with E-state index in [9.17, 15) is 4.79 Å². The van der Waals surface area contributed by atoms with Crippen LogP contribution >= 0.6 is 15.9 Å². The van der Waals surface area contributed by atoms with Crippen LogP contribution in [-0.4, -0.2) is 38.2 Å². The molecule has 6 nitrogen and oxygen atoms in total. The average molecular weight is 484 g/mol. The maximum atomic E-state index is 13.2. The SMILES string of the molecule is COc1c2c(cc3c1C(CC(=O)c1ccc(-c4ccc(Br)cc4)o1)N(C)CC3)OCO2. The van der Waals surface area contributed by atoms with Gasteiger partial charge in [0.15, 0.2) is 23.0 Å². The second-order valence-electron chi connectivity index (χ2n) is 7.76. The molecule has 0 N–H and O–H groups in total. The van der Waals surface area contributed by atoms with E-state index in [1.807, 2.05) is 43.4 Å². The van der Waals surface area contributed by atoms with Gasteiger partial charge in [0.25, 0.3) is 0 Å². The number of methoxy groups -OCH3 is 1. The molecule has 3 heterocycles. The van der Waals surface area contributed by atoms with E-state index in [0.717, 1.165) is 34.1 Å². The van der Waals surface area contributed by atoms with Crippen LogP contribution in [0.2, 0.25) is 0 Å². The van der Waals surface area contributed by atoms with Gasteiger partial charge in [-0.25, -0.2) is 0 Å². The Hall–Kier alpha value is -2.77. The molecule has 0 radical (unpaired) electrons. The highest BCUT2D eigenvalue weighted by atomic mass is 79.9. The predicted octanol–water partition coefficient (Wildman–Crippen LogP) is 5.25. The van der Waals surface area contributed by atoms with E-state index >= 15 is 0 Å². The fraction of sp³-hybridized carbons (Fsp3) is 0.292. The Balaban J connectivity index is 1.44. The molecule has 0 amide bonds. The van der Waals surface area contributed by atoms with Crippen LogP contribution in [0, 0.1) is 0 Å². The summed E-state index contributed by atoms with van der Waals surface area (Å²) in [6.07, 6.45) is 1.14. The number of furan rings is 1. The number of likely N-dealkylation sites (N-methyl/N-ethyl adjacent to an activating group) is 1. The van der Waals surface area contributed by atoms with Gasteiger partial charge in [-0.15, -0.1) is 0 Å². The van der Waals surface area contributed by atoms with Crippen LogP contribution < -0.4 is 14.2 Å². The van der Waals surface area contributed by atoms with Crippen molar-refractivity contribution in [1.82, 2.24) is 4.90 Å². The number of carbonyl (C=O) groups is 1. The van der Waals surface area contributed by atoms with Crippen LogP contribution in [0.1, 0.15) is 34.1 Å². The first kappa shape index (κ1) is 20.2. The van der Waals surface area contributed by atoms with Crippen molar-refractivity contribution in [1.29, 1.82) is 0 Å². The number of benzene rings is 2. The molecule has 0 spiro atoms. The molecule has 3 aromatic rings. The van der Waals surface area contributed by atoms with E-state index in [4.69, 9.17) is 18.6 Å². The zero-order valence-electron chi connectivity index (χ0n) is 17.3. The molecule has 0 saturated carbocycles. The molecular formula is C24H22BrNO5. The maximum Gasteiger partial charge on any atom is 0.231 e. The van der Waals surface area contributed by atoms with Crippen molar-refractivity contribution in [3.63, 3.8) is 0 Å². The molecule has 7 heteroatoms. The summed E-state index contributed by atoms with van der Waals surface area (Å²) in [4.78, 5) is 15.4. The third kappa shape index (κ3) is 3.62. The maximum absolute atomic E-state index is 13.2. The molecular weight excluding hydrogens is 462 g/mol. The number of ether oxygens (including phenoxy) is 3. The molecule has 160 valence electrons. The van der Waals surface area contributed by atoms with E-state index in [0.29, 0.717) is 28.8 Å². The van der Waals surface area contributed by atoms with Crippen LogP contribution in [0.5, 0.6) is 17.2 Å². The second kappa shape index (κ2) is 8.05. The Bertz CT molecular complexity index is 1140. The smallest absolute Gasteiger partial charge is 0.231 e. The van der Waals surface area contributed by atoms with E-state index in [1.54, 1.807) is 13.2 Å². The Labute approximate surface area is 188 Å². The van der Waals surface area contributed by atoms with Gasteiger partial charge < -0.3 is 18.6 Å². The monoisotopic (exact) mass is 483 g/mol.